The van der Waals surface area contributed by atoms with E-state index in [1.807, 2.05) is 34.6 Å². The van der Waals surface area contributed by atoms with Gasteiger partial charge in [-0.3, -0.25) is 0 Å². The van der Waals surface area contributed by atoms with Crippen LogP contribution in [0, 0.1) is 50.2 Å². The zero-order chi connectivity index (χ0) is 55.6. The molecule has 3 heterocycles. The van der Waals surface area contributed by atoms with Crippen molar-refractivity contribution in [1.82, 2.24) is 0 Å². The van der Waals surface area contributed by atoms with E-state index in [0.717, 1.165) is 5.57 Å². The van der Waals surface area contributed by atoms with Crippen LogP contribution in [0.1, 0.15) is 108 Å². The topological polar surface area (TPSA) is 362 Å². The average molecular weight is 1070 g/mol. The van der Waals surface area contributed by atoms with Crippen LogP contribution in [0.2, 0.25) is 0 Å². The van der Waals surface area contributed by atoms with Crippen LogP contribution < -0.4 is 0 Å². The fourth-order valence-electron chi connectivity index (χ4n) is 15.8. The Bertz CT molecular complexity index is 2170. The molecule has 5 aliphatic carbocycles. The molecule has 22 heteroatoms. The second-order valence-electron chi connectivity index (χ2n) is 25.1. The molecule has 13 N–H and O–H groups in total. The van der Waals surface area contributed by atoms with Crippen molar-refractivity contribution >= 4 is 11.9 Å². The number of hydrogen-bond acceptors (Lipinski definition) is 21. The third-order valence-electron chi connectivity index (χ3n) is 20.7. The first-order valence-electron chi connectivity index (χ1n) is 26.6. The summed E-state index contributed by atoms with van der Waals surface area (Å²) in [6.07, 6.45) is -26.7. The molecule has 7 fully saturated rings. The summed E-state index contributed by atoms with van der Waals surface area (Å²) in [5.74, 6) is -3.19. The van der Waals surface area contributed by atoms with E-state index in [2.05, 4.69) is 19.9 Å². The molecule has 3 saturated heterocycles. The molecule has 0 unspecified atom stereocenters. The van der Waals surface area contributed by atoms with Crippen molar-refractivity contribution in [2.24, 2.45) is 50.2 Å². The van der Waals surface area contributed by atoms with Gasteiger partial charge >= 0.3 is 11.9 Å². The smallest absolute Gasteiger partial charge is 0.335 e. The molecule has 75 heavy (non-hydrogen) atoms. The van der Waals surface area contributed by atoms with Gasteiger partial charge in [0.25, 0.3) is 0 Å². The van der Waals surface area contributed by atoms with Gasteiger partial charge in [0, 0.05) is 11.0 Å². The van der Waals surface area contributed by atoms with E-state index in [4.69, 9.17) is 33.2 Å². The molecule has 428 valence electrons. The van der Waals surface area contributed by atoms with Crippen molar-refractivity contribution < 1.29 is 109 Å². The minimum absolute atomic E-state index is 0.113. The second-order valence-corrected chi connectivity index (χ2v) is 25.1. The number of allylic oxidation sites excluding steroid dienone is 2. The Morgan fingerprint density at radius 2 is 1.32 bits per heavy atom. The Morgan fingerprint density at radius 3 is 1.92 bits per heavy atom. The summed E-state index contributed by atoms with van der Waals surface area (Å²) in [6.45, 7) is 17.3. The van der Waals surface area contributed by atoms with E-state index in [1.165, 1.54) is 6.92 Å². The number of aliphatic carboxylic acids is 1. The van der Waals surface area contributed by atoms with Crippen molar-refractivity contribution in [2.75, 3.05) is 13.2 Å². The molecule has 0 spiro atoms. The van der Waals surface area contributed by atoms with Gasteiger partial charge in [0.15, 0.2) is 25.0 Å². The number of rotatable bonds is 11. The standard InChI is InChI=1S/C53H84O22/c1-11-21(2)44(68)75-42-41(65)48(4,5)18-24-23-12-13-27-50(8)16-15-28(49(6,7)26(50)14-17-51(27,9)52(23,10)39(63)40(64)53(24,42)20-55)71-47-37(73-46-34(61)32(59)30(57)25(19-54)70-46)35(62)36(38(74-47)43(66)67)72-45-33(60)31(58)29(56)22(3)69-45/h11-12,22,24-42,45-47,54-65H,13-20H2,1-10H3,(H,66,67)/b21-11-/t22-,24-,25-,26-,27+,28-,29-,30-,31+,32+,33+,34-,35-,36-,37+,38-,39-,40+,41-,42-,45-,46+,47+,50-,51+,52-,53-/m0/s1. The number of carbonyl (C=O) groups excluding carboxylic acids is 1. The Morgan fingerprint density at radius 1 is 0.707 bits per heavy atom. The maximum Gasteiger partial charge on any atom is 0.335 e. The van der Waals surface area contributed by atoms with Crippen molar-refractivity contribution in [3.63, 3.8) is 0 Å². The van der Waals surface area contributed by atoms with Crippen LogP contribution in [0.25, 0.3) is 0 Å². The third-order valence-corrected chi connectivity index (χ3v) is 20.7. The van der Waals surface area contributed by atoms with Gasteiger partial charge in [-0.05, 0) is 98.7 Å². The first-order chi connectivity index (χ1) is 34.9. The molecule has 0 aromatic carbocycles. The van der Waals surface area contributed by atoms with Gasteiger partial charge < -0.3 is 99.5 Å². The Kier molecular flexibility index (Phi) is 16.2. The fourth-order valence-corrected chi connectivity index (χ4v) is 15.8. The van der Waals surface area contributed by atoms with E-state index in [-0.39, 0.29) is 17.4 Å². The van der Waals surface area contributed by atoms with Crippen LogP contribution in [0.15, 0.2) is 23.3 Å². The highest BCUT2D eigenvalue weighted by atomic mass is 16.8. The minimum atomic E-state index is -2.07. The normalized spacial score (nSPS) is 52.5. The molecule has 0 amide bonds. The van der Waals surface area contributed by atoms with Crippen molar-refractivity contribution in [1.29, 1.82) is 0 Å². The maximum absolute atomic E-state index is 13.4. The molecule has 0 radical (unpaired) electrons. The fraction of sp³-hybridized carbons (Fsp3) is 0.887. The van der Waals surface area contributed by atoms with Gasteiger partial charge in [-0.2, -0.15) is 0 Å². The number of carboxylic acid groups (broad SMARTS) is 1. The SMILES string of the molecule is C/C=C(/C)C(=O)O[C@H]1[C@H](O)C(C)(C)C[C@H]2C3=CC[C@@H]4[C@@]5(C)CC[C@H](O[C@@H]6O[C@H](C(=O)O)[C@@H](O[C@@H]7O[C@@H](C)[C@H](O)[C@@H](O)[C@H]7O)[C@H](O)[C@H]6O[C@H]6O[C@@H](CO)[C@H](O)[C@@H](O)[C@@H]6O)C(C)(C)[C@@H]5CC[C@@]4(C)[C@]3(C)[C@@H](O)[C@@H](O)[C@]21CO. The molecule has 0 aromatic rings. The van der Waals surface area contributed by atoms with Crippen LogP contribution in [-0.4, -0.2) is 214 Å². The van der Waals surface area contributed by atoms with E-state index in [1.54, 1.807) is 19.9 Å². The van der Waals surface area contributed by atoms with Gasteiger partial charge in [0.05, 0.1) is 49.1 Å². The lowest BCUT2D eigenvalue weighted by Gasteiger charge is -2.73. The van der Waals surface area contributed by atoms with Gasteiger partial charge in [-0.25, -0.2) is 9.59 Å². The monoisotopic (exact) mass is 1070 g/mol. The van der Waals surface area contributed by atoms with Crippen molar-refractivity contribution in [3.8, 4) is 0 Å². The number of ether oxygens (including phenoxy) is 7. The van der Waals surface area contributed by atoms with Crippen molar-refractivity contribution in [3.05, 3.63) is 23.3 Å². The number of aliphatic hydroxyl groups excluding tert-OH is 12. The zero-order valence-corrected chi connectivity index (χ0v) is 44.6. The Balaban J connectivity index is 1.11. The highest BCUT2D eigenvalue weighted by Crippen LogP contribution is 2.76. The van der Waals surface area contributed by atoms with Gasteiger partial charge in [-0.1, -0.05) is 66.2 Å². The number of carboxylic acids is 1. The van der Waals surface area contributed by atoms with Crippen molar-refractivity contribution in [2.45, 2.75) is 230 Å². The molecule has 0 aromatic heterocycles. The van der Waals surface area contributed by atoms with E-state index in [9.17, 15) is 76.0 Å². The molecule has 4 saturated carbocycles. The van der Waals surface area contributed by atoms with Crippen LogP contribution in [0.3, 0.4) is 0 Å². The highest BCUT2D eigenvalue weighted by molar-refractivity contribution is 5.87. The molecule has 3 aliphatic heterocycles. The van der Waals surface area contributed by atoms with Gasteiger partial charge in [0.2, 0.25) is 0 Å². The molecule has 8 rings (SSSR count). The molecule has 8 aliphatic rings. The lowest BCUT2D eigenvalue weighted by Crippen LogP contribution is -2.76. The number of carbonyl (C=O) groups is 2. The predicted octanol–water partition coefficient (Wildman–Crippen LogP) is -0.866. The van der Waals surface area contributed by atoms with Crippen LogP contribution in [0.4, 0.5) is 0 Å². The first kappa shape index (κ1) is 58.8. The number of aliphatic hydroxyl groups is 12. The van der Waals surface area contributed by atoms with Gasteiger partial charge in [0.1, 0.15) is 67.1 Å². The van der Waals surface area contributed by atoms with Crippen LogP contribution >= 0.6 is 0 Å². The van der Waals surface area contributed by atoms with Crippen LogP contribution in [0.5, 0.6) is 0 Å². The van der Waals surface area contributed by atoms with E-state index < -0.39 is 186 Å². The maximum atomic E-state index is 13.4. The average Bonchev–Trinajstić information content (AvgIpc) is 3.36. The third kappa shape index (κ3) is 8.91. The Hall–Kier alpha value is -2.30. The molecular formula is C53H84O22. The summed E-state index contributed by atoms with van der Waals surface area (Å²) in [6, 6.07) is 0. The summed E-state index contributed by atoms with van der Waals surface area (Å²) in [4.78, 5) is 26.5. The van der Waals surface area contributed by atoms with Gasteiger partial charge in [-0.15, -0.1) is 0 Å². The highest BCUT2D eigenvalue weighted by Gasteiger charge is 2.76. The zero-order valence-electron chi connectivity index (χ0n) is 44.6. The second kappa shape index (κ2) is 20.7. The number of hydrogen-bond donors (Lipinski definition) is 13. The summed E-state index contributed by atoms with van der Waals surface area (Å²) >= 11 is 0. The lowest BCUT2D eigenvalue weighted by atomic mass is 9.32. The Labute approximate surface area is 437 Å². The summed E-state index contributed by atoms with van der Waals surface area (Å²) < 4.78 is 42.3. The molecule has 0 bridgehead atoms. The quantitative estimate of drug-likeness (QED) is 0.0518. The summed E-state index contributed by atoms with van der Waals surface area (Å²) in [7, 11) is 0. The van der Waals surface area contributed by atoms with Crippen LogP contribution in [-0.2, 0) is 42.7 Å². The minimum Gasteiger partial charge on any atom is -0.479 e. The number of esters is 1. The van der Waals surface area contributed by atoms with E-state index >= 15 is 0 Å². The molecule has 27 atom stereocenters. The molecule has 22 nitrogen and oxygen atoms in total. The summed E-state index contributed by atoms with van der Waals surface area (Å²) in [5.41, 5.74) is -4.35. The lowest BCUT2D eigenvalue weighted by molar-refractivity contribution is -0.390. The number of fused-ring (bicyclic) bond motifs is 7. The predicted molar refractivity (Wildman–Crippen MR) is 258 cm³/mol. The largest absolute Gasteiger partial charge is 0.479 e. The summed E-state index contributed by atoms with van der Waals surface area (Å²) in [5, 5.41) is 146. The molecular weight excluding hydrogens is 989 g/mol. The van der Waals surface area contributed by atoms with E-state index in [0.29, 0.717) is 38.5 Å². The first-order valence-corrected chi connectivity index (χ1v) is 26.6.